The van der Waals surface area contributed by atoms with Gasteiger partial charge in [-0.3, -0.25) is 0 Å². The van der Waals surface area contributed by atoms with Crippen LogP contribution in [0.4, 0.5) is 0 Å². The number of hydrogen-bond acceptors (Lipinski definition) is 5. The summed E-state index contributed by atoms with van der Waals surface area (Å²) in [6, 6.07) is 57.4. The highest BCUT2D eigenvalue weighted by Crippen LogP contribution is 2.41. The first-order valence-corrected chi connectivity index (χ1v) is 18.2. The Kier molecular flexibility index (Phi) is 6.39. The quantitative estimate of drug-likeness (QED) is 0.185. The fourth-order valence-corrected chi connectivity index (χ4v) is 8.84. The Balaban J connectivity index is 1.10. The van der Waals surface area contributed by atoms with Crippen molar-refractivity contribution in [1.82, 2.24) is 15.0 Å². The van der Waals surface area contributed by atoms with E-state index >= 15 is 0 Å². The maximum absolute atomic E-state index is 6.46. The number of nitrogens with zero attached hydrogens (tertiary/aromatic N) is 3. The second kappa shape index (κ2) is 11.4. The molecule has 0 saturated heterocycles. The molecule has 5 heteroatoms. The first kappa shape index (κ1) is 29.1. The van der Waals surface area contributed by atoms with E-state index in [1.165, 1.54) is 30.9 Å². The molecule has 3 heterocycles. The fourth-order valence-electron chi connectivity index (χ4n) is 7.63. The fraction of sp³-hybridized carbons (Fsp3) is 0. The molecule has 0 radical (unpaired) electrons. The zero-order valence-electron chi connectivity index (χ0n) is 27.7. The van der Waals surface area contributed by atoms with Crippen LogP contribution in [0.2, 0.25) is 0 Å². The third-order valence-electron chi connectivity index (χ3n) is 10.1. The Hall–Kier alpha value is -6.69. The number of rotatable bonds is 4. The topological polar surface area (TPSA) is 51.8 Å². The van der Waals surface area contributed by atoms with Crippen LogP contribution in [-0.4, -0.2) is 15.0 Å². The molecule has 0 aliphatic rings. The van der Waals surface area contributed by atoms with E-state index in [1.54, 1.807) is 11.3 Å². The average molecular weight is 682 g/mol. The van der Waals surface area contributed by atoms with Gasteiger partial charge in [-0.1, -0.05) is 121 Å². The first-order chi connectivity index (χ1) is 25.7. The molecule has 0 bridgehead atoms. The minimum absolute atomic E-state index is 0.643. The predicted octanol–water partition coefficient (Wildman–Crippen LogP) is 13.1. The third-order valence-corrected chi connectivity index (χ3v) is 11.3. The van der Waals surface area contributed by atoms with Crippen molar-refractivity contribution < 1.29 is 4.42 Å². The molecule has 8 aromatic carbocycles. The van der Waals surface area contributed by atoms with Crippen LogP contribution in [0.1, 0.15) is 0 Å². The molecule has 0 atom stereocenters. The second-order valence-corrected chi connectivity index (χ2v) is 14.2. The lowest BCUT2D eigenvalue weighted by molar-refractivity contribution is 0.669. The molecule has 0 N–H and O–H groups in total. The van der Waals surface area contributed by atoms with Gasteiger partial charge in [0.05, 0.1) is 0 Å². The van der Waals surface area contributed by atoms with Gasteiger partial charge in [0.15, 0.2) is 17.5 Å². The molecule has 0 unspecified atom stereocenters. The van der Waals surface area contributed by atoms with Crippen LogP contribution in [0.25, 0.3) is 109 Å². The van der Waals surface area contributed by atoms with Gasteiger partial charge in [-0.2, -0.15) is 0 Å². The Bertz CT molecular complexity index is 3200. The smallest absolute Gasteiger partial charge is 0.165 e. The van der Waals surface area contributed by atoms with Crippen molar-refractivity contribution in [3.63, 3.8) is 0 Å². The van der Waals surface area contributed by atoms with Crippen molar-refractivity contribution in [3.8, 4) is 45.3 Å². The zero-order chi connectivity index (χ0) is 34.2. The minimum atomic E-state index is 0.643. The van der Waals surface area contributed by atoms with Crippen LogP contribution in [0.3, 0.4) is 0 Å². The molecular weight excluding hydrogens is 655 g/mol. The van der Waals surface area contributed by atoms with Crippen LogP contribution >= 0.6 is 11.3 Å². The maximum Gasteiger partial charge on any atom is 0.165 e. The van der Waals surface area contributed by atoms with E-state index in [1.807, 2.05) is 18.2 Å². The summed E-state index contributed by atoms with van der Waals surface area (Å²) in [5.74, 6) is 1.96. The normalized spacial score (nSPS) is 11.8. The monoisotopic (exact) mass is 681 g/mol. The number of hydrogen-bond donors (Lipinski definition) is 0. The van der Waals surface area contributed by atoms with E-state index in [2.05, 4.69) is 146 Å². The zero-order valence-corrected chi connectivity index (χ0v) is 28.6. The van der Waals surface area contributed by atoms with E-state index in [-0.39, 0.29) is 0 Å². The standard InChI is InChI=1S/C47H27N3OS/c1-2-11-28(12-3-1)45-48-46(50-47(49-45)39-19-10-18-37-36-17-8-9-20-43(36)52-44(37)39)38-24-23-32(33-15-6-7-16-34(33)38)31-21-22-35-40-25-29-13-4-5-14-30(29)26-42(40)51-41(35)27-31/h1-27H. The van der Waals surface area contributed by atoms with Gasteiger partial charge in [0.1, 0.15) is 11.2 Å². The Morgan fingerprint density at radius 1 is 0.365 bits per heavy atom. The summed E-state index contributed by atoms with van der Waals surface area (Å²) in [7, 11) is 0. The molecule has 242 valence electrons. The SMILES string of the molecule is c1ccc(-c2nc(-c3ccc(-c4ccc5c(c4)oc4cc6ccccc6cc45)c4ccccc34)nc(-c3cccc4c3sc3ccccc34)n2)cc1. The van der Waals surface area contributed by atoms with Crippen molar-refractivity contribution in [2.45, 2.75) is 0 Å². The van der Waals surface area contributed by atoms with E-state index in [0.29, 0.717) is 17.5 Å². The molecule has 0 aliphatic heterocycles. The second-order valence-electron chi connectivity index (χ2n) is 13.2. The lowest BCUT2D eigenvalue weighted by atomic mass is 9.94. The Labute approximate surface area is 302 Å². The summed E-state index contributed by atoms with van der Waals surface area (Å²) in [4.78, 5) is 15.5. The highest BCUT2D eigenvalue weighted by atomic mass is 32.1. The van der Waals surface area contributed by atoms with Crippen molar-refractivity contribution >= 4 is 75.0 Å². The molecule has 11 rings (SSSR count). The summed E-state index contributed by atoms with van der Waals surface area (Å²) in [6.45, 7) is 0. The summed E-state index contributed by atoms with van der Waals surface area (Å²) < 4.78 is 8.89. The molecule has 3 aromatic heterocycles. The number of aromatic nitrogens is 3. The summed E-state index contributed by atoms with van der Waals surface area (Å²) in [5.41, 5.74) is 6.91. The number of thiophene rings is 1. The highest BCUT2D eigenvalue weighted by molar-refractivity contribution is 7.26. The van der Waals surface area contributed by atoms with E-state index < -0.39 is 0 Å². The number of furan rings is 1. The van der Waals surface area contributed by atoms with Crippen molar-refractivity contribution in [2.24, 2.45) is 0 Å². The molecule has 0 saturated carbocycles. The van der Waals surface area contributed by atoms with Crippen LogP contribution in [0, 0.1) is 0 Å². The van der Waals surface area contributed by atoms with Crippen molar-refractivity contribution in [3.05, 3.63) is 164 Å². The van der Waals surface area contributed by atoms with Gasteiger partial charge in [-0.15, -0.1) is 11.3 Å². The van der Waals surface area contributed by atoms with E-state index in [0.717, 1.165) is 60.5 Å². The minimum Gasteiger partial charge on any atom is -0.456 e. The van der Waals surface area contributed by atoms with E-state index in [4.69, 9.17) is 19.4 Å². The van der Waals surface area contributed by atoms with Crippen molar-refractivity contribution in [2.75, 3.05) is 0 Å². The molecule has 11 aromatic rings. The first-order valence-electron chi connectivity index (χ1n) is 17.3. The van der Waals surface area contributed by atoms with Crippen LogP contribution < -0.4 is 0 Å². The molecule has 4 nitrogen and oxygen atoms in total. The lowest BCUT2D eigenvalue weighted by Gasteiger charge is -2.13. The molecule has 52 heavy (non-hydrogen) atoms. The van der Waals surface area contributed by atoms with Crippen LogP contribution in [0.5, 0.6) is 0 Å². The molecule has 0 fully saturated rings. The number of fused-ring (bicyclic) bond motifs is 8. The summed E-state index contributed by atoms with van der Waals surface area (Å²) in [5, 5.41) is 9.29. The van der Waals surface area contributed by atoms with Gasteiger partial charge in [0.2, 0.25) is 0 Å². The highest BCUT2D eigenvalue weighted by Gasteiger charge is 2.19. The van der Waals surface area contributed by atoms with Gasteiger partial charge in [0.25, 0.3) is 0 Å². The van der Waals surface area contributed by atoms with Crippen molar-refractivity contribution in [1.29, 1.82) is 0 Å². The van der Waals surface area contributed by atoms with Gasteiger partial charge in [-0.05, 0) is 75.1 Å². The van der Waals surface area contributed by atoms with Gasteiger partial charge in [-0.25, -0.2) is 15.0 Å². The maximum atomic E-state index is 6.46. The Morgan fingerprint density at radius 3 is 1.85 bits per heavy atom. The van der Waals surface area contributed by atoms with Crippen LogP contribution in [0.15, 0.2) is 168 Å². The third kappa shape index (κ3) is 4.57. The summed E-state index contributed by atoms with van der Waals surface area (Å²) in [6.07, 6.45) is 0. The lowest BCUT2D eigenvalue weighted by Crippen LogP contribution is -2.01. The molecule has 0 amide bonds. The van der Waals surface area contributed by atoms with Gasteiger partial charge < -0.3 is 4.42 Å². The van der Waals surface area contributed by atoms with Crippen LogP contribution in [-0.2, 0) is 0 Å². The van der Waals surface area contributed by atoms with Gasteiger partial charge in [0, 0.05) is 47.6 Å². The van der Waals surface area contributed by atoms with E-state index in [9.17, 15) is 0 Å². The average Bonchev–Trinajstić information content (AvgIpc) is 3.77. The predicted molar refractivity (Wildman–Crippen MR) is 217 cm³/mol. The Morgan fingerprint density at radius 2 is 1.00 bits per heavy atom. The summed E-state index contributed by atoms with van der Waals surface area (Å²) >= 11 is 1.78. The molecule has 0 spiro atoms. The van der Waals surface area contributed by atoms with Gasteiger partial charge >= 0.3 is 0 Å². The molecular formula is C47H27N3OS. The molecule has 0 aliphatic carbocycles. The number of benzene rings is 8. The largest absolute Gasteiger partial charge is 0.456 e.